The highest BCUT2D eigenvalue weighted by Gasteiger charge is 2.18. The molecule has 0 atom stereocenters. The van der Waals surface area contributed by atoms with Gasteiger partial charge in [0, 0.05) is 11.1 Å². The van der Waals surface area contributed by atoms with Gasteiger partial charge in [-0.2, -0.15) is 0 Å². The van der Waals surface area contributed by atoms with Crippen molar-refractivity contribution in [2.24, 2.45) is 5.14 Å². The van der Waals surface area contributed by atoms with Crippen LogP contribution in [0.3, 0.4) is 0 Å². The number of nitrogens with two attached hydrogens (primary N) is 1. The van der Waals surface area contributed by atoms with Crippen LogP contribution in [-0.4, -0.2) is 31.9 Å². The summed E-state index contributed by atoms with van der Waals surface area (Å²) in [7, 11) is -3.95. The van der Waals surface area contributed by atoms with Gasteiger partial charge < -0.3 is 14.5 Å². The smallest absolute Gasteiger partial charge is 0.339 e. The van der Waals surface area contributed by atoms with Gasteiger partial charge in [-0.3, -0.25) is 4.79 Å². The molecule has 0 spiro atoms. The number of rotatable bonds is 6. The number of fused-ring (bicyclic) bond motifs is 1. The molecule has 2 aromatic heterocycles. The number of furan rings is 1. The minimum absolute atomic E-state index is 0.105. The topological polar surface area (TPSA) is 142 Å². The number of sulfonamides is 1. The molecule has 0 saturated heterocycles. The van der Waals surface area contributed by atoms with E-state index in [0.717, 1.165) is 0 Å². The number of anilines is 1. The first-order valence-electron chi connectivity index (χ1n) is 10.2. The number of hydrogen-bond acceptors (Lipinski definition) is 7. The average molecular weight is 480 g/mol. The van der Waals surface area contributed by atoms with Crippen LogP contribution in [0.4, 0.5) is 5.69 Å². The monoisotopic (exact) mass is 479 g/mol. The summed E-state index contributed by atoms with van der Waals surface area (Å²) in [6.45, 7) is 2.81. The maximum atomic E-state index is 12.9. The summed E-state index contributed by atoms with van der Waals surface area (Å²) in [6, 6.07) is 16.5. The lowest BCUT2D eigenvalue weighted by molar-refractivity contribution is -0.119. The van der Waals surface area contributed by atoms with Crippen LogP contribution in [0.15, 0.2) is 70.0 Å². The van der Waals surface area contributed by atoms with Crippen molar-refractivity contribution in [2.75, 3.05) is 11.9 Å². The van der Waals surface area contributed by atoms with E-state index in [1.165, 1.54) is 18.2 Å². The zero-order chi connectivity index (χ0) is 24.5. The summed E-state index contributed by atoms with van der Waals surface area (Å²) in [5.41, 5.74) is 1.91. The molecule has 0 aliphatic rings. The first-order valence-corrected chi connectivity index (χ1v) is 11.7. The number of nitrogens with zero attached hydrogens (tertiary/aromatic N) is 1. The normalized spacial score (nSPS) is 11.4. The zero-order valence-electron chi connectivity index (χ0n) is 18.4. The van der Waals surface area contributed by atoms with Crippen LogP contribution >= 0.6 is 0 Å². The standard InChI is InChI=1S/C24H21N3O6S/c1-14-7-9-16(11-22(14)34(25,30)31)26-23(28)13-32-24(29)18-12-20(21-10-8-15(2)33-21)27-19-6-4-3-5-17(18)19/h3-12H,13H2,1-2H3,(H,26,28)(H2,25,30,31). The molecule has 2 aromatic carbocycles. The molecule has 1 amide bonds. The van der Waals surface area contributed by atoms with Crippen LogP contribution < -0.4 is 10.5 Å². The van der Waals surface area contributed by atoms with Crippen molar-refractivity contribution in [1.82, 2.24) is 4.98 Å². The second-order valence-electron chi connectivity index (χ2n) is 7.63. The van der Waals surface area contributed by atoms with Crippen molar-refractivity contribution in [3.05, 3.63) is 77.6 Å². The van der Waals surface area contributed by atoms with Crippen LogP contribution in [0.2, 0.25) is 0 Å². The Bertz CT molecular complexity index is 1530. The van der Waals surface area contributed by atoms with Gasteiger partial charge in [-0.25, -0.2) is 23.3 Å². The molecule has 0 fully saturated rings. The van der Waals surface area contributed by atoms with Gasteiger partial charge >= 0.3 is 5.97 Å². The van der Waals surface area contributed by atoms with E-state index in [1.807, 2.05) is 0 Å². The van der Waals surface area contributed by atoms with Gasteiger partial charge in [0.25, 0.3) is 5.91 Å². The Morgan fingerprint density at radius 1 is 1.06 bits per heavy atom. The Labute approximate surface area is 195 Å². The lowest BCUT2D eigenvalue weighted by atomic mass is 10.1. The SMILES string of the molecule is Cc1ccc(-c2cc(C(=O)OCC(=O)Nc3ccc(C)c(S(N)(=O)=O)c3)c3ccccc3n2)o1. The Balaban J connectivity index is 1.53. The predicted molar refractivity (Wildman–Crippen MR) is 126 cm³/mol. The van der Waals surface area contributed by atoms with Crippen LogP contribution in [0.1, 0.15) is 21.7 Å². The van der Waals surface area contributed by atoms with E-state index in [2.05, 4.69) is 10.3 Å². The van der Waals surface area contributed by atoms with Gasteiger partial charge in [-0.15, -0.1) is 0 Å². The molecule has 0 unspecified atom stereocenters. The number of amides is 1. The number of nitrogens with one attached hydrogen (secondary N) is 1. The number of esters is 1. The molecule has 0 aliphatic carbocycles. The van der Waals surface area contributed by atoms with Gasteiger partial charge in [-0.05, 0) is 55.8 Å². The largest absolute Gasteiger partial charge is 0.460 e. The van der Waals surface area contributed by atoms with Crippen molar-refractivity contribution in [2.45, 2.75) is 18.7 Å². The van der Waals surface area contributed by atoms with Crippen molar-refractivity contribution in [3.8, 4) is 11.5 Å². The van der Waals surface area contributed by atoms with Gasteiger partial charge in [0.05, 0.1) is 16.0 Å². The predicted octanol–water partition coefficient (Wildman–Crippen LogP) is 3.55. The number of hydrogen-bond donors (Lipinski definition) is 2. The zero-order valence-corrected chi connectivity index (χ0v) is 19.2. The third-order valence-electron chi connectivity index (χ3n) is 5.04. The molecule has 0 aliphatic heterocycles. The van der Waals surface area contributed by atoms with Crippen LogP contribution in [-0.2, 0) is 19.6 Å². The van der Waals surface area contributed by atoms with E-state index < -0.39 is 28.5 Å². The molecular formula is C24H21N3O6S. The number of ether oxygens (including phenoxy) is 1. The fourth-order valence-electron chi connectivity index (χ4n) is 3.43. The lowest BCUT2D eigenvalue weighted by Gasteiger charge is -2.11. The van der Waals surface area contributed by atoms with Crippen molar-refractivity contribution in [1.29, 1.82) is 0 Å². The second kappa shape index (κ2) is 9.08. The fraction of sp³-hybridized carbons (Fsp3) is 0.125. The van der Waals surface area contributed by atoms with Crippen molar-refractivity contribution in [3.63, 3.8) is 0 Å². The minimum Gasteiger partial charge on any atom is -0.460 e. The highest BCUT2D eigenvalue weighted by molar-refractivity contribution is 7.89. The van der Waals surface area contributed by atoms with Gasteiger partial charge in [0.1, 0.15) is 11.5 Å². The highest BCUT2D eigenvalue weighted by Crippen LogP contribution is 2.27. The molecule has 4 aromatic rings. The fourth-order valence-corrected chi connectivity index (χ4v) is 4.24. The Morgan fingerprint density at radius 3 is 2.53 bits per heavy atom. The summed E-state index contributed by atoms with van der Waals surface area (Å²) >= 11 is 0. The van der Waals surface area contributed by atoms with E-state index >= 15 is 0 Å². The number of benzene rings is 2. The molecule has 3 N–H and O–H groups in total. The maximum Gasteiger partial charge on any atom is 0.339 e. The highest BCUT2D eigenvalue weighted by atomic mass is 32.2. The molecule has 10 heteroatoms. The summed E-state index contributed by atoms with van der Waals surface area (Å²) in [5, 5.41) is 8.27. The number of carbonyl (C=O) groups is 2. The summed E-state index contributed by atoms with van der Waals surface area (Å²) in [5.74, 6) is -0.155. The van der Waals surface area contributed by atoms with Gasteiger partial charge in [-0.1, -0.05) is 24.3 Å². The number of primary sulfonamides is 1. The molecule has 2 heterocycles. The number of para-hydroxylation sites is 1. The number of pyridine rings is 1. The number of aromatic nitrogens is 1. The summed E-state index contributed by atoms with van der Waals surface area (Å²) in [6.07, 6.45) is 0. The van der Waals surface area contributed by atoms with E-state index in [4.69, 9.17) is 14.3 Å². The molecule has 9 nitrogen and oxygen atoms in total. The van der Waals surface area contributed by atoms with E-state index in [1.54, 1.807) is 56.3 Å². The maximum absolute atomic E-state index is 12.9. The van der Waals surface area contributed by atoms with Crippen LogP contribution in [0.5, 0.6) is 0 Å². The quantitative estimate of drug-likeness (QED) is 0.403. The lowest BCUT2D eigenvalue weighted by Crippen LogP contribution is -2.21. The van der Waals surface area contributed by atoms with E-state index in [-0.39, 0.29) is 16.1 Å². The summed E-state index contributed by atoms with van der Waals surface area (Å²) < 4.78 is 34.2. The third kappa shape index (κ3) is 4.98. The summed E-state index contributed by atoms with van der Waals surface area (Å²) in [4.78, 5) is 29.7. The Kier molecular flexibility index (Phi) is 6.18. The minimum atomic E-state index is -3.95. The van der Waals surface area contributed by atoms with Gasteiger partial charge in [0.15, 0.2) is 12.4 Å². The molecule has 0 saturated carbocycles. The molecule has 0 radical (unpaired) electrons. The molecule has 4 rings (SSSR count). The van der Waals surface area contributed by atoms with Crippen LogP contribution in [0.25, 0.3) is 22.4 Å². The van der Waals surface area contributed by atoms with Gasteiger partial charge in [0.2, 0.25) is 10.0 Å². The van der Waals surface area contributed by atoms with Crippen molar-refractivity contribution >= 4 is 38.5 Å². The Morgan fingerprint density at radius 2 is 1.82 bits per heavy atom. The third-order valence-corrected chi connectivity index (χ3v) is 6.09. The van der Waals surface area contributed by atoms with E-state index in [9.17, 15) is 18.0 Å². The van der Waals surface area contributed by atoms with Crippen LogP contribution in [0, 0.1) is 13.8 Å². The first-order chi connectivity index (χ1) is 16.1. The second-order valence-corrected chi connectivity index (χ2v) is 9.16. The first kappa shape index (κ1) is 23.1. The molecule has 34 heavy (non-hydrogen) atoms. The number of carbonyl (C=O) groups excluding carboxylic acids is 2. The van der Waals surface area contributed by atoms with E-state index in [0.29, 0.717) is 33.7 Å². The number of aryl methyl sites for hydroxylation is 2. The molecular weight excluding hydrogens is 458 g/mol. The Hall–Kier alpha value is -4.02. The average Bonchev–Trinajstić information content (AvgIpc) is 3.23. The molecule has 0 bridgehead atoms. The van der Waals surface area contributed by atoms with Crippen molar-refractivity contribution < 1.29 is 27.2 Å². The molecule has 174 valence electrons.